The van der Waals surface area contributed by atoms with Crippen LogP contribution < -0.4 is 10.1 Å². The molecule has 1 unspecified atom stereocenters. The molecular weight excluding hydrogens is 238 g/mol. The first-order valence-electron chi connectivity index (χ1n) is 5.72. The van der Waals surface area contributed by atoms with Gasteiger partial charge in [-0.15, -0.1) is 0 Å². The third-order valence-electron chi connectivity index (χ3n) is 2.26. The van der Waals surface area contributed by atoms with Crippen LogP contribution in [0.2, 0.25) is 0 Å². The molecule has 6 heteroatoms. The molecule has 0 spiro atoms. The maximum atomic E-state index is 11.3. The van der Waals surface area contributed by atoms with E-state index >= 15 is 0 Å². The van der Waals surface area contributed by atoms with Gasteiger partial charge in [0.05, 0.1) is 12.2 Å². The van der Waals surface area contributed by atoms with E-state index in [1.807, 2.05) is 20.8 Å². The predicted octanol–water partition coefficient (Wildman–Crippen LogP) is 1.36. The molecule has 0 aromatic carbocycles. The SMILES string of the molecule is CCOc1ncnc(NCCS(=O)CC)c1C. The van der Waals surface area contributed by atoms with E-state index in [1.165, 1.54) is 6.33 Å². The second-order valence-corrected chi connectivity index (χ2v) is 5.31. The lowest BCUT2D eigenvalue weighted by molar-refractivity contribution is 0.324. The van der Waals surface area contributed by atoms with Crippen LogP contribution in [0.1, 0.15) is 19.4 Å². The fourth-order valence-electron chi connectivity index (χ4n) is 1.32. The van der Waals surface area contributed by atoms with Crippen molar-refractivity contribution in [2.24, 2.45) is 0 Å². The molecule has 0 aliphatic rings. The summed E-state index contributed by atoms with van der Waals surface area (Å²) in [5, 5.41) is 3.15. The molecule has 1 N–H and O–H groups in total. The van der Waals surface area contributed by atoms with Gasteiger partial charge >= 0.3 is 0 Å². The van der Waals surface area contributed by atoms with Gasteiger partial charge in [-0.3, -0.25) is 4.21 Å². The number of anilines is 1. The molecule has 1 aromatic heterocycles. The number of rotatable bonds is 7. The highest BCUT2D eigenvalue weighted by Crippen LogP contribution is 2.19. The molecule has 5 nitrogen and oxygen atoms in total. The van der Waals surface area contributed by atoms with Crippen LogP contribution in [0, 0.1) is 6.92 Å². The highest BCUT2D eigenvalue weighted by atomic mass is 32.2. The van der Waals surface area contributed by atoms with Gasteiger partial charge in [-0.1, -0.05) is 6.92 Å². The van der Waals surface area contributed by atoms with Gasteiger partial charge in [0.2, 0.25) is 5.88 Å². The summed E-state index contributed by atoms with van der Waals surface area (Å²) >= 11 is 0. The Labute approximate surface area is 104 Å². The third-order valence-corrected chi connectivity index (χ3v) is 3.57. The third kappa shape index (κ3) is 4.30. The molecule has 0 saturated heterocycles. The molecule has 1 heterocycles. The standard InChI is InChI=1S/C11H19N3O2S/c1-4-16-11-9(3)10(13-8-14-11)12-6-7-17(15)5-2/h8H,4-7H2,1-3H3,(H,12,13,14). The number of hydrogen-bond donors (Lipinski definition) is 1. The quantitative estimate of drug-likeness (QED) is 0.799. The zero-order valence-corrected chi connectivity index (χ0v) is 11.3. The van der Waals surface area contributed by atoms with Crippen LogP contribution in [0.25, 0.3) is 0 Å². The highest BCUT2D eigenvalue weighted by Gasteiger charge is 2.07. The summed E-state index contributed by atoms with van der Waals surface area (Å²) in [5.41, 5.74) is 0.886. The number of ether oxygens (including phenoxy) is 1. The highest BCUT2D eigenvalue weighted by molar-refractivity contribution is 7.84. The number of hydrogen-bond acceptors (Lipinski definition) is 5. The zero-order chi connectivity index (χ0) is 12.7. The molecule has 96 valence electrons. The lowest BCUT2D eigenvalue weighted by Gasteiger charge is -2.10. The van der Waals surface area contributed by atoms with Gasteiger partial charge in [0, 0.05) is 28.9 Å². The number of aromatic nitrogens is 2. The van der Waals surface area contributed by atoms with E-state index in [4.69, 9.17) is 4.74 Å². The zero-order valence-electron chi connectivity index (χ0n) is 10.5. The summed E-state index contributed by atoms with van der Waals surface area (Å²) in [6.45, 7) is 6.96. The van der Waals surface area contributed by atoms with E-state index in [1.54, 1.807) is 0 Å². The summed E-state index contributed by atoms with van der Waals surface area (Å²) in [5.74, 6) is 2.66. The van der Waals surface area contributed by atoms with Crippen LogP contribution in [-0.2, 0) is 10.8 Å². The van der Waals surface area contributed by atoms with E-state index < -0.39 is 10.8 Å². The van der Waals surface area contributed by atoms with Gasteiger partial charge in [-0.25, -0.2) is 9.97 Å². The van der Waals surface area contributed by atoms with Crippen molar-refractivity contribution in [1.82, 2.24) is 9.97 Å². The number of nitrogens with one attached hydrogen (secondary N) is 1. The molecule has 0 aliphatic heterocycles. The molecule has 0 saturated carbocycles. The molecule has 1 rings (SSSR count). The Morgan fingerprint density at radius 1 is 1.41 bits per heavy atom. The van der Waals surface area contributed by atoms with E-state index in [0.717, 1.165) is 11.4 Å². The van der Waals surface area contributed by atoms with Gasteiger partial charge in [0.25, 0.3) is 0 Å². The molecule has 0 radical (unpaired) electrons. The van der Waals surface area contributed by atoms with Crippen molar-refractivity contribution in [3.63, 3.8) is 0 Å². The lowest BCUT2D eigenvalue weighted by Crippen LogP contribution is -2.14. The second-order valence-electron chi connectivity index (χ2n) is 3.44. The summed E-state index contributed by atoms with van der Waals surface area (Å²) in [4.78, 5) is 8.20. The molecule has 1 aromatic rings. The van der Waals surface area contributed by atoms with Gasteiger partial charge in [0.1, 0.15) is 12.1 Å². The average molecular weight is 257 g/mol. The summed E-state index contributed by atoms with van der Waals surface area (Å²) in [6, 6.07) is 0. The first kappa shape index (κ1) is 13.9. The van der Waals surface area contributed by atoms with Crippen LogP contribution in [0.15, 0.2) is 6.33 Å². The molecule has 17 heavy (non-hydrogen) atoms. The maximum Gasteiger partial charge on any atom is 0.221 e. The van der Waals surface area contributed by atoms with Crippen molar-refractivity contribution in [2.45, 2.75) is 20.8 Å². The van der Waals surface area contributed by atoms with Crippen molar-refractivity contribution in [3.8, 4) is 5.88 Å². The normalized spacial score (nSPS) is 12.2. The minimum Gasteiger partial charge on any atom is -0.478 e. The smallest absolute Gasteiger partial charge is 0.221 e. The van der Waals surface area contributed by atoms with E-state index in [-0.39, 0.29) is 0 Å². The van der Waals surface area contributed by atoms with E-state index in [0.29, 0.717) is 30.5 Å². The molecule has 1 atom stereocenters. The maximum absolute atomic E-state index is 11.3. The largest absolute Gasteiger partial charge is 0.478 e. The van der Waals surface area contributed by atoms with Gasteiger partial charge < -0.3 is 10.1 Å². The Kier molecular flexibility index (Phi) is 5.90. The topological polar surface area (TPSA) is 64.1 Å². The van der Waals surface area contributed by atoms with Gasteiger partial charge in [0.15, 0.2) is 0 Å². The van der Waals surface area contributed by atoms with Gasteiger partial charge in [-0.2, -0.15) is 0 Å². The van der Waals surface area contributed by atoms with Crippen LogP contribution >= 0.6 is 0 Å². The van der Waals surface area contributed by atoms with Crippen molar-refractivity contribution in [3.05, 3.63) is 11.9 Å². The van der Waals surface area contributed by atoms with Crippen LogP contribution in [0.5, 0.6) is 5.88 Å². The first-order valence-corrected chi connectivity index (χ1v) is 7.21. The van der Waals surface area contributed by atoms with E-state index in [9.17, 15) is 4.21 Å². The fraction of sp³-hybridized carbons (Fsp3) is 0.636. The first-order chi connectivity index (χ1) is 8.19. The van der Waals surface area contributed by atoms with Crippen molar-refractivity contribution in [1.29, 1.82) is 0 Å². The molecule has 0 amide bonds. The van der Waals surface area contributed by atoms with E-state index in [2.05, 4.69) is 15.3 Å². The Hall–Kier alpha value is -1.17. The minimum absolute atomic E-state index is 0.581. The molecule has 0 aliphatic carbocycles. The minimum atomic E-state index is -0.753. The lowest BCUT2D eigenvalue weighted by atomic mass is 10.3. The monoisotopic (exact) mass is 257 g/mol. The summed E-state index contributed by atoms with van der Waals surface area (Å²) < 4.78 is 16.6. The fourth-order valence-corrected chi connectivity index (χ4v) is 1.94. The average Bonchev–Trinajstić information content (AvgIpc) is 2.33. The van der Waals surface area contributed by atoms with Crippen molar-refractivity contribution >= 4 is 16.6 Å². The van der Waals surface area contributed by atoms with Crippen molar-refractivity contribution < 1.29 is 8.95 Å². The Bertz CT molecular complexity index is 385. The molecule has 0 bridgehead atoms. The van der Waals surface area contributed by atoms with Crippen molar-refractivity contribution in [2.75, 3.05) is 30.0 Å². The summed E-state index contributed by atoms with van der Waals surface area (Å²) in [6.07, 6.45) is 1.47. The van der Waals surface area contributed by atoms with Crippen LogP contribution in [0.4, 0.5) is 5.82 Å². The van der Waals surface area contributed by atoms with Crippen LogP contribution in [-0.4, -0.2) is 38.8 Å². The number of nitrogens with zero attached hydrogens (tertiary/aromatic N) is 2. The Balaban J connectivity index is 2.59. The molecule has 0 fully saturated rings. The Morgan fingerprint density at radius 3 is 2.82 bits per heavy atom. The Morgan fingerprint density at radius 2 is 2.18 bits per heavy atom. The second kappa shape index (κ2) is 7.21. The predicted molar refractivity (Wildman–Crippen MR) is 70.0 cm³/mol. The van der Waals surface area contributed by atoms with Crippen LogP contribution in [0.3, 0.4) is 0 Å². The molecular formula is C11H19N3O2S. The summed E-state index contributed by atoms with van der Waals surface area (Å²) in [7, 11) is -0.753. The van der Waals surface area contributed by atoms with Gasteiger partial charge in [-0.05, 0) is 13.8 Å².